The van der Waals surface area contributed by atoms with E-state index >= 15 is 0 Å². The molecule has 216 valence electrons. The fourth-order valence-corrected chi connectivity index (χ4v) is 5.29. The summed E-state index contributed by atoms with van der Waals surface area (Å²) in [6.07, 6.45) is 0. The second-order valence-corrected chi connectivity index (χ2v) is 10.2. The third-order valence-electron chi connectivity index (χ3n) is 7.44. The zero-order chi connectivity index (χ0) is 28.1. The molecule has 0 N–H and O–H groups in total. The molecule has 4 aromatic rings. The number of anilines is 1. The van der Waals surface area contributed by atoms with Gasteiger partial charge in [-0.3, -0.25) is 9.69 Å². The lowest BCUT2D eigenvalue weighted by Crippen LogP contribution is -2.34. The highest BCUT2D eigenvalue weighted by Gasteiger charge is 2.14. The molecule has 0 aromatic heterocycles. The van der Waals surface area contributed by atoms with Gasteiger partial charge < -0.3 is 23.8 Å². The molecule has 0 atom stereocenters. The topological polar surface area (TPSA) is 60.5 Å². The highest BCUT2D eigenvalue weighted by atomic mass is 16.5. The number of nitrogens with zero attached hydrogens (tertiary/aromatic N) is 2. The molecule has 1 heterocycles. The van der Waals surface area contributed by atoms with Crippen LogP contribution >= 0.6 is 0 Å². The highest BCUT2D eigenvalue weighted by molar-refractivity contribution is 6.02. The summed E-state index contributed by atoms with van der Waals surface area (Å²) in [7, 11) is 0. The van der Waals surface area contributed by atoms with Gasteiger partial charge in [0.1, 0.15) is 0 Å². The number of rotatable bonds is 3. The van der Waals surface area contributed by atoms with E-state index in [-0.39, 0.29) is 5.43 Å². The van der Waals surface area contributed by atoms with Gasteiger partial charge in [-0.2, -0.15) is 0 Å². The molecule has 0 saturated carbocycles. The summed E-state index contributed by atoms with van der Waals surface area (Å²) in [6.45, 7) is 7.91. The normalized spacial score (nSPS) is 17.7. The van der Waals surface area contributed by atoms with Gasteiger partial charge in [0.15, 0.2) is 0 Å². The minimum absolute atomic E-state index is 0.00939. The molecule has 1 aliphatic heterocycles. The molecular weight excluding hydrogens is 516 g/mol. The monoisotopic (exact) mass is 556 g/mol. The average Bonchev–Trinajstić information content (AvgIpc) is 3.21. The van der Waals surface area contributed by atoms with Crippen molar-refractivity contribution in [2.24, 2.45) is 0 Å². The number of hydrogen-bond donors (Lipinski definition) is 0. The third kappa shape index (κ3) is 8.35. The average molecular weight is 557 g/mol. The van der Waals surface area contributed by atoms with Crippen LogP contribution in [0.3, 0.4) is 0 Å². The van der Waals surface area contributed by atoms with Gasteiger partial charge >= 0.3 is 0 Å². The zero-order valence-electron chi connectivity index (χ0n) is 23.7. The van der Waals surface area contributed by atoms with Crippen LogP contribution in [0.15, 0.2) is 89.7 Å². The van der Waals surface area contributed by atoms with Gasteiger partial charge in [-0.15, -0.1) is 0 Å². The Kier molecular flexibility index (Phi) is 11.1. The Hall–Kier alpha value is -3.33. The summed E-state index contributed by atoms with van der Waals surface area (Å²) < 4.78 is 23.7. The van der Waals surface area contributed by atoms with Gasteiger partial charge in [-0.1, -0.05) is 66.7 Å². The van der Waals surface area contributed by atoms with Crippen molar-refractivity contribution in [2.45, 2.75) is 6.54 Å². The fourth-order valence-electron chi connectivity index (χ4n) is 5.29. The van der Waals surface area contributed by atoms with Gasteiger partial charge in [-0.05, 0) is 45.3 Å². The first-order valence-electron chi connectivity index (χ1n) is 14.6. The van der Waals surface area contributed by atoms with Gasteiger partial charge in [0.2, 0.25) is 5.43 Å². The number of fused-ring (bicyclic) bond motifs is 2. The molecule has 1 saturated heterocycles. The standard InChI is InChI=1S/C34H40N2O5/c37-34-13-3-1-2-12-33(34)36-16-20-40-24-22-38-18-14-35(15-19-39-23-25-41-21-17-36)27-32-30-10-6-4-8-28(30)26-29-9-5-7-11-31(29)32/h1-13,26H,14-25,27H2. The molecule has 1 aliphatic rings. The zero-order valence-corrected chi connectivity index (χ0v) is 23.7. The van der Waals surface area contributed by atoms with E-state index in [9.17, 15) is 4.79 Å². The summed E-state index contributed by atoms with van der Waals surface area (Å²) in [4.78, 5) is 17.0. The summed E-state index contributed by atoms with van der Waals surface area (Å²) in [5.74, 6) is 0. The van der Waals surface area contributed by atoms with E-state index in [2.05, 4.69) is 59.5 Å². The van der Waals surface area contributed by atoms with Crippen LogP contribution in [0, 0.1) is 0 Å². The molecule has 5 rings (SSSR count). The van der Waals surface area contributed by atoms with E-state index in [1.165, 1.54) is 27.1 Å². The van der Waals surface area contributed by atoms with Crippen molar-refractivity contribution in [3.63, 3.8) is 0 Å². The molecule has 0 amide bonds. The Morgan fingerprint density at radius 1 is 0.537 bits per heavy atom. The third-order valence-corrected chi connectivity index (χ3v) is 7.44. The Bertz CT molecular complexity index is 1370. The van der Waals surface area contributed by atoms with E-state index in [1.807, 2.05) is 23.1 Å². The molecule has 7 nitrogen and oxygen atoms in total. The van der Waals surface area contributed by atoms with Crippen molar-refractivity contribution in [3.8, 4) is 0 Å². The Labute approximate surface area is 242 Å². The SMILES string of the molecule is O=c1cccccc1N1CCOCCOCCN(Cc2c3ccccc3cc3ccccc23)CCOCCOCC1. The van der Waals surface area contributed by atoms with Crippen LogP contribution in [-0.4, -0.2) is 83.9 Å². The number of ether oxygens (including phenoxy) is 4. The van der Waals surface area contributed by atoms with Crippen LogP contribution in [-0.2, 0) is 25.5 Å². The van der Waals surface area contributed by atoms with Crippen LogP contribution in [0.25, 0.3) is 21.5 Å². The quantitative estimate of drug-likeness (QED) is 0.338. The molecule has 0 unspecified atom stereocenters. The van der Waals surface area contributed by atoms with Gasteiger partial charge in [0, 0.05) is 32.7 Å². The van der Waals surface area contributed by atoms with Crippen LogP contribution in [0.1, 0.15) is 5.56 Å². The van der Waals surface area contributed by atoms with Gasteiger partial charge in [0.25, 0.3) is 0 Å². The summed E-state index contributed by atoms with van der Waals surface area (Å²) in [5.41, 5.74) is 1.98. The first-order valence-corrected chi connectivity index (χ1v) is 14.6. The fraction of sp³-hybridized carbons (Fsp3) is 0.382. The molecule has 4 aromatic carbocycles. The predicted octanol–water partition coefficient (Wildman–Crippen LogP) is 4.74. The molecule has 1 fully saturated rings. The van der Waals surface area contributed by atoms with E-state index in [4.69, 9.17) is 18.9 Å². The van der Waals surface area contributed by atoms with Crippen LogP contribution in [0.5, 0.6) is 0 Å². The first kappa shape index (κ1) is 29.2. The van der Waals surface area contributed by atoms with E-state index in [0.29, 0.717) is 71.6 Å². The smallest absolute Gasteiger partial charge is 0.201 e. The van der Waals surface area contributed by atoms with E-state index in [1.54, 1.807) is 12.1 Å². The molecule has 0 bridgehead atoms. The van der Waals surface area contributed by atoms with Crippen LogP contribution < -0.4 is 10.3 Å². The lowest BCUT2D eigenvalue weighted by molar-refractivity contribution is 0.0213. The number of benzene rings is 3. The highest BCUT2D eigenvalue weighted by Crippen LogP contribution is 2.29. The predicted molar refractivity (Wildman–Crippen MR) is 165 cm³/mol. The van der Waals surface area contributed by atoms with E-state index in [0.717, 1.165) is 19.6 Å². The van der Waals surface area contributed by atoms with Crippen LogP contribution in [0.2, 0.25) is 0 Å². The van der Waals surface area contributed by atoms with Crippen molar-refractivity contribution in [1.82, 2.24) is 4.90 Å². The lowest BCUT2D eigenvalue weighted by Gasteiger charge is -2.25. The van der Waals surface area contributed by atoms with E-state index < -0.39 is 0 Å². The van der Waals surface area contributed by atoms with Crippen molar-refractivity contribution in [1.29, 1.82) is 0 Å². The van der Waals surface area contributed by atoms with Crippen molar-refractivity contribution < 1.29 is 18.9 Å². The van der Waals surface area contributed by atoms with Crippen molar-refractivity contribution >= 4 is 27.2 Å². The maximum Gasteiger partial charge on any atom is 0.201 e. The Morgan fingerprint density at radius 2 is 1.02 bits per heavy atom. The first-order chi connectivity index (χ1) is 20.3. The Balaban J connectivity index is 1.22. The number of hydrogen-bond acceptors (Lipinski definition) is 7. The molecule has 41 heavy (non-hydrogen) atoms. The minimum atomic E-state index is -0.00939. The maximum absolute atomic E-state index is 12.6. The van der Waals surface area contributed by atoms with Crippen molar-refractivity contribution in [3.05, 3.63) is 101 Å². The molecule has 0 aliphatic carbocycles. The van der Waals surface area contributed by atoms with Crippen LogP contribution in [0.4, 0.5) is 5.69 Å². The largest absolute Gasteiger partial charge is 0.378 e. The Morgan fingerprint density at radius 3 is 1.61 bits per heavy atom. The van der Waals surface area contributed by atoms with Gasteiger partial charge in [-0.25, -0.2) is 0 Å². The second kappa shape index (κ2) is 15.6. The lowest BCUT2D eigenvalue weighted by atomic mass is 9.96. The maximum atomic E-state index is 12.6. The van der Waals surface area contributed by atoms with Gasteiger partial charge in [0.05, 0.1) is 58.5 Å². The molecule has 0 spiro atoms. The summed E-state index contributed by atoms with van der Waals surface area (Å²) in [5, 5.41) is 5.10. The molecule has 0 radical (unpaired) electrons. The van der Waals surface area contributed by atoms with Crippen molar-refractivity contribution in [2.75, 3.05) is 83.9 Å². The molecular formula is C34H40N2O5. The summed E-state index contributed by atoms with van der Waals surface area (Å²) >= 11 is 0. The summed E-state index contributed by atoms with van der Waals surface area (Å²) in [6, 6.07) is 28.5. The minimum Gasteiger partial charge on any atom is -0.378 e. The second-order valence-electron chi connectivity index (χ2n) is 10.2. The molecule has 7 heteroatoms.